The zero-order valence-electron chi connectivity index (χ0n) is 11.2. The number of carbonyl (C=O) groups excluding carboxylic acids is 2. The van der Waals surface area contributed by atoms with Gasteiger partial charge in [-0.15, -0.1) is 11.3 Å². The summed E-state index contributed by atoms with van der Waals surface area (Å²) in [5, 5.41) is 7.02. The van der Waals surface area contributed by atoms with Crippen LogP contribution in [0, 0.1) is 0 Å². The lowest BCUT2D eigenvalue weighted by atomic mass is 10.2. The van der Waals surface area contributed by atoms with E-state index in [9.17, 15) is 9.59 Å². The summed E-state index contributed by atoms with van der Waals surface area (Å²) >= 11 is 4.77. The third-order valence-electron chi connectivity index (χ3n) is 2.57. The van der Waals surface area contributed by atoms with Gasteiger partial charge >= 0.3 is 0 Å². The molecule has 0 fully saturated rings. The Morgan fingerprint density at radius 2 is 2.14 bits per heavy atom. The fourth-order valence-corrected chi connectivity index (χ4v) is 2.65. The van der Waals surface area contributed by atoms with E-state index in [0.29, 0.717) is 17.0 Å². The predicted octanol–water partition coefficient (Wildman–Crippen LogP) is 2.89. The van der Waals surface area contributed by atoms with Crippen molar-refractivity contribution < 1.29 is 14.3 Å². The van der Waals surface area contributed by atoms with Crippen LogP contribution >= 0.6 is 27.3 Å². The number of likely N-dealkylation sites (N-methyl/N-ethyl adjacent to an activating group) is 1. The van der Waals surface area contributed by atoms with Gasteiger partial charge in [-0.2, -0.15) is 0 Å². The molecule has 7 heteroatoms. The molecular weight excluding hydrogens is 356 g/mol. The van der Waals surface area contributed by atoms with Crippen molar-refractivity contribution in [3.8, 4) is 5.75 Å². The molecule has 0 aliphatic rings. The average molecular weight is 369 g/mol. The second kappa shape index (κ2) is 7.24. The molecule has 1 heterocycles. The third-order valence-corrected chi connectivity index (χ3v) is 4.07. The first kappa shape index (κ1) is 15.5. The quantitative estimate of drug-likeness (QED) is 0.852. The first-order valence-electron chi connectivity index (χ1n) is 6.07. The van der Waals surface area contributed by atoms with Gasteiger partial charge in [0.05, 0.1) is 9.35 Å². The van der Waals surface area contributed by atoms with E-state index in [1.165, 1.54) is 11.3 Å². The molecule has 0 radical (unpaired) electrons. The first-order chi connectivity index (χ1) is 10.1. The Hall–Kier alpha value is -1.86. The molecule has 5 nitrogen and oxygen atoms in total. The number of benzene rings is 1. The van der Waals surface area contributed by atoms with Crippen LogP contribution in [-0.2, 0) is 4.79 Å². The molecule has 1 aromatic heterocycles. The van der Waals surface area contributed by atoms with E-state index in [4.69, 9.17) is 4.74 Å². The second-order valence-corrected chi connectivity index (χ2v) is 6.37. The summed E-state index contributed by atoms with van der Waals surface area (Å²) in [6, 6.07) is 8.65. The summed E-state index contributed by atoms with van der Waals surface area (Å²) in [6.45, 7) is -0.0641. The topological polar surface area (TPSA) is 67.4 Å². The Morgan fingerprint density at radius 3 is 2.81 bits per heavy atom. The van der Waals surface area contributed by atoms with Crippen molar-refractivity contribution in [1.82, 2.24) is 5.32 Å². The maximum atomic E-state index is 12.0. The van der Waals surface area contributed by atoms with Gasteiger partial charge < -0.3 is 15.4 Å². The van der Waals surface area contributed by atoms with Crippen molar-refractivity contribution in [3.05, 3.63) is 45.1 Å². The van der Waals surface area contributed by atoms with Gasteiger partial charge in [0.25, 0.3) is 11.8 Å². The van der Waals surface area contributed by atoms with Gasteiger partial charge in [0.1, 0.15) is 5.75 Å². The highest BCUT2D eigenvalue weighted by molar-refractivity contribution is 9.11. The fraction of sp³-hybridized carbons (Fsp3) is 0.143. The van der Waals surface area contributed by atoms with E-state index in [1.807, 2.05) is 0 Å². The number of amides is 2. The summed E-state index contributed by atoms with van der Waals surface area (Å²) < 4.78 is 6.22. The van der Waals surface area contributed by atoms with Gasteiger partial charge in [-0.3, -0.25) is 9.59 Å². The fourth-order valence-electron chi connectivity index (χ4n) is 1.52. The minimum atomic E-state index is -0.215. The summed E-state index contributed by atoms with van der Waals surface area (Å²) in [6.07, 6.45) is 0. The molecule has 0 aliphatic heterocycles. The smallest absolute Gasteiger partial charge is 0.257 e. The van der Waals surface area contributed by atoms with E-state index in [1.54, 1.807) is 42.8 Å². The number of halogens is 1. The lowest BCUT2D eigenvalue weighted by Crippen LogP contribution is -2.24. The van der Waals surface area contributed by atoms with Crippen LogP contribution in [0.4, 0.5) is 5.69 Å². The van der Waals surface area contributed by atoms with Gasteiger partial charge in [0.15, 0.2) is 6.61 Å². The van der Waals surface area contributed by atoms with Crippen molar-refractivity contribution in [2.75, 3.05) is 19.0 Å². The minimum Gasteiger partial charge on any atom is -0.484 e. The molecule has 0 saturated carbocycles. The predicted molar refractivity (Wildman–Crippen MR) is 86.0 cm³/mol. The zero-order valence-corrected chi connectivity index (χ0v) is 13.6. The number of nitrogens with one attached hydrogen (secondary N) is 2. The molecule has 2 aromatic rings. The number of rotatable bonds is 5. The Morgan fingerprint density at radius 1 is 1.33 bits per heavy atom. The van der Waals surface area contributed by atoms with Gasteiger partial charge in [-0.05, 0) is 34.1 Å². The van der Waals surface area contributed by atoms with Gasteiger partial charge in [-0.1, -0.05) is 6.07 Å². The molecule has 1 aromatic carbocycles. The van der Waals surface area contributed by atoms with Crippen molar-refractivity contribution in [1.29, 1.82) is 0 Å². The van der Waals surface area contributed by atoms with E-state index in [2.05, 4.69) is 26.6 Å². The lowest BCUT2D eigenvalue weighted by molar-refractivity contribution is -0.122. The Balaban J connectivity index is 2.00. The maximum Gasteiger partial charge on any atom is 0.257 e. The number of carbonyl (C=O) groups is 2. The van der Waals surface area contributed by atoms with E-state index in [0.717, 1.165) is 3.79 Å². The lowest BCUT2D eigenvalue weighted by Gasteiger charge is -2.08. The van der Waals surface area contributed by atoms with Crippen LogP contribution in [-0.4, -0.2) is 25.5 Å². The molecule has 110 valence electrons. The Kier molecular flexibility index (Phi) is 5.35. The van der Waals surface area contributed by atoms with Crippen LogP contribution in [0.25, 0.3) is 0 Å². The molecule has 0 saturated heterocycles. The normalized spacial score (nSPS) is 10.0. The summed E-state index contributed by atoms with van der Waals surface area (Å²) in [5.74, 6) is 0.107. The van der Waals surface area contributed by atoms with Crippen LogP contribution in [0.2, 0.25) is 0 Å². The third kappa shape index (κ3) is 4.57. The zero-order chi connectivity index (χ0) is 15.2. The van der Waals surface area contributed by atoms with Crippen LogP contribution < -0.4 is 15.4 Å². The van der Waals surface area contributed by atoms with Gasteiger partial charge in [-0.25, -0.2) is 0 Å². The molecule has 2 amide bonds. The summed E-state index contributed by atoms with van der Waals surface area (Å²) in [4.78, 5) is 23.1. The number of ether oxygens (including phenoxy) is 1. The average Bonchev–Trinajstić information content (AvgIpc) is 2.92. The van der Waals surface area contributed by atoms with Crippen molar-refractivity contribution in [2.45, 2.75) is 0 Å². The van der Waals surface area contributed by atoms with Gasteiger partial charge in [0.2, 0.25) is 0 Å². The molecule has 0 unspecified atom stereocenters. The van der Waals surface area contributed by atoms with Gasteiger partial charge in [0, 0.05) is 24.2 Å². The maximum absolute atomic E-state index is 12.0. The van der Waals surface area contributed by atoms with E-state index in [-0.39, 0.29) is 18.4 Å². The SMILES string of the molecule is CNC(=O)COc1cccc(NC(=O)c2csc(Br)c2)c1. The van der Waals surface area contributed by atoms with Crippen LogP contribution in [0.1, 0.15) is 10.4 Å². The second-order valence-electron chi connectivity index (χ2n) is 4.08. The molecule has 0 bridgehead atoms. The first-order valence-corrected chi connectivity index (χ1v) is 7.74. The molecule has 0 aliphatic carbocycles. The Labute approximate surface area is 134 Å². The van der Waals surface area contributed by atoms with Crippen molar-refractivity contribution in [3.63, 3.8) is 0 Å². The molecule has 21 heavy (non-hydrogen) atoms. The van der Waals surface area contributed by atoms with Crippen LogP contribution in [0.3, 0.4) is 0 Å². The standard InChI is InChI=1S/C14H13BrN2O3S/c1-16-13(18)7-20-11-4-2-3-10(6-11)17-14(19)9-5-12(15)21-8-9/h2-6,8H,7H2,1H3,(H,16,18)(H,17,19). The highest BCUT2D eigenvalue weighted by atomic mass is 79.9. The minimum absolute atomic E-state index is 0.0641. The molecular formula is C14H13BrN2O3S. The monoisotopic (exact) mass is 368 g/mol. The van der Waals surface area contributed by atoms with E-state index < -0.39 is 0 Å². The largest absolute Gasteiger partial charge is 0.484 e. The Bertz CT molecular complexity index is 657. The summed E-state index contributed by atoms with van der Waals surface area (Å²) in [5.41, 5.74) is 1.19. The molecule has 2 N–H and O–H groups in total. The highest BCUT2D eigenvalue weighted by Gasteiger charge is 2.09. The van der Waals surface area contributed by atoms with Crippen LogP contribution in [0.15, 0.2) is 39.5 Å². The van der Waals surface area contributed by atoms with E-state index >= 15 is 0 Å². The van der Waals surface area contributed by atoms with Crippen LogP contribution in [0.5, 0.6) is 5.75 Å². The molecule has 0 spiro atoms. The number of thiophene rings is 1. The molecule has 2 rings (SSSR count). The highest BCUT2D eigenvalue weighted by Crippen LogP contribution is 2.22. The van der Waals surface area contributed by atoms with Crippen molar-refractivity contribution in [2.24, 2.45) is 0 Å². The number of hydrogen-bond donors (Lipinski definition) is 2. The molecule has 0 atom stereocenters. The number of anilines is 1. The number of hydrogen-bond acceptors (Lipinski definition) is 4. The van der Waals surface area contributed by atoms with Crippen molar-refractivity contribution >= 4 is 44.8 Å². The summed E-state index contributed by atoms with van der Waals surface area (Å²) in [7, 11) is 1.54.